The summed E-state index contributed by atoms with van der Waals surface area (Å²) in [6.45, 7) is 9.52. The highest BCUT2D eigenvalue weighted by molar-refractivity contribution is 6.07. The Morgan fingerprint density at radius 2 is 2.07 bits per heavy atom. The van der Waals surface area contributed by atoms with Gasteiger partial charge in [0.25, 0.3) is 0 Å². The Hall–Kier alpha value is -3.54. The Labute approximate surface area is 174 Å². The van der Waals surface area contributed by atoms with Crippen LogP contribution in [-0.2, 0) is 6.54 Å². The van der Waals surface area contributed by atoms with Gasteiger partial charge in [-0.2, -0.15) is 0 Å². The standard InChI is InChI=1S/C24H24N4O2/c1-5-28-20-13-17(27(4)12-11-25-3)9-10-19(20)26-22-21-16(14-29)7-6-8-18(21)24(30)15(2)23(22)28/h6-10,13-14H,3,5,11-12H2,1-2,4H3. The van der Waals surface area contributed by atoms with Crippen LogP contribution in [0.15, 0.2) is 46.2 Å². The molecule has 2 aromatic rings. The summed E-state index contributed by atoms with van der Waals surface area (Å²) < 4.78 is 2.12. The van der Waals surface area contributed by atoms with Crippen LogP contribution in [0.4, 0.5) is 5.69 Å². The molecule has 0 fully saturated rings. The third-order valence-corrected chi connectivity index (χ3v) is 5.73. The zero-order valence-electron chi connectivity index (χ0n) is 17.5. The highest BCUT2D eigenvalue weighted by Crippen LogP contribution is 2.35. The fourth-order valence-electron chi connectivity index (χ4n) is 4.15. The molecule has 0 unspecified atom stereocenters. The number of aromatic nitrogens is 2. The number of aldehydes is 1. The number of fused-ring (bicyclic) bond motifs is 4. The van der Waals surface area contributed by atoms with E-state index in [2.05, 4.69) is 34.2 Å². The molecule has 0 spiro atoms. The summed E-state index contributed by atoms with van der Waals surface area (Å²) in [5, 5.41) is 1.16. The monoisotopic (exact) mass is 400 g/mol. The number of nitrogens with zero attached hydrogens (tertiary/aromatic N) is 4. The Balaban J connectivity index is 2.13. The first-order valence-electron chi connectivity index (χ1n) is 10.00. The third-order valence-electron chi connectivity index (χ3n) is 5.73. The highest BCUT2D eigenvalue weighted by Gasteiger charge is 2.23. The molecule has 0 saturated carbocycles. The van der Waals surface area contributed by atoms with E-state index in [0.29, 0.717) is 40.7 Å². The lowest BCUT2D eigenvalue weighted by Crippen LogP contribution is -2.21. The van der Waals surface area contributed by atoms with Crippen LogP contribution in [-0.4, -0.2) is 42.7 Å². The van der Waals surface area contributed by atoms with E-state index < -0.39 is 0 Å². The number of hydrogen-bond acceptors (Lipinski definition) is 5. The number of benzene rings is 3. The second-order valence-corrected chi connectivity index (χ2v) is 7.44. The summed E-state index contributed by atoms with van der Waals surface area (Å²) in [7, 11) is 2.02. The van der Waals surface area contributed by atoms with Gasteiger partial charge >= 0.3 is 0 Å². The summed E-state index contributed by atoms with van der Waals surface area (Å²) >= 11 is 0. The zero-order valence-corrected chi connectivity index (χ0v) is 17.5. The van der Waals surface area contributed by atoms with Gasteiger partial charge in [-0.05, 0) is 38.8 Å². The number of carbonyl (C=O) groups is 1. The lowest BCUT2D eigenvalue weighted by Gasteiger charge is -2.23. The second-order valence-electron chi connectivity index (χ2n) is 7.44. The number of carbonyl (C=O) groups excluding carboxylic acids is 1. The number of likely N-dealkylation sites (N-methyl/N-ethyl adjacent to an activating group) is 1. The first-order valence-corrected chi connectivity index (χ1v) is 10.00. The van der Waals surface area contributed by atoms with E-state index in [-0.39, 0.29) is 5.43 Å². The van der Waals surface area contributed by atoms with Gasteiger partial charge in [0.15, 0.2) is 11.7 Å². The smallest absolute Gasteiger partial charge is 0.191 e. The molecule has 0 N–H and O–H groups in total. The van der Waals surface area contributed by atoms with Gasteiger partial charge in [0.05, 0.1) is 29.0 Å². The lowest BCUT2D eigenvalue weighted by molar-refractivity contribution is 0.112. The first kappa shape index (κ1) is 19.8. The van der Waals surface area contributed by atoms with Crippen molar-refractivity contribution in [3.8, 4) is 11.4 Å². The van der Waals surface area contributed by atoms with Crippen molar-refractivity contribution in [2.45, 2.75) is 20.4 Å². The van der Waals surface area contributed by atoms with E-state index in [1.807, 2.05) is 26.1 Å². The van der Waals surface area contributed by atoms with Crippen LogP contribution in [0.5, 0.6) is 0 Å². The van der Waals surface area contributed by atoms with Crippen molar-refractivity contribution >= 4 is 40.5 Å². The largest absolute Gasteiger partial charge is 0.373 e. The first-order chi connectivity index (χ1) is 14.5. The van der Waals surface area contributed by atoms with E-state index in [1.165, 1.54) is 0 Å². The molecular formula is C24H24N4O2. The highest BCUT2D eigenvalue weighted by atomic mass is 16.1. The van der Waals surface area contributed by atoms with E-state index in [1.54, 1.807) is 18.2 Å². The number of aryl methyl sites for hydroxylation is 1. The zero-order chi connectivity index (χ0) is 21.4. The normalized spacial score (nSPS) is 11.3. The summed E-state index contributed by atoms with van der Waals surface area (Å²) in [4.78, 5) is 35.8. The van der Waals surface area contributed by atoms with Gasteiger partial charge in [-0.3, -0.25) is 14.6 Å². The van der Waals surface area contributed by atoms with E-state index in [4.69, 9.17) is 4.98 Å². The van der Waals surface area contributed by atoms with E-state index >= 15 is 0 Å². The van der Waals surface area contributed by atoms with Crippen LogP contribution in [0.25, 0.3) is 33.2 Å². The Morgan fingerprint density at radius 3 is 2.77 bits per heavy atom. The SMILES string of the molecule is C=NCCN(C)c1ccc2nc3c4c(C=O)cccc4c(=O)c(C)c-3n(CC)c2c1. The van der Waals surface area contributed by atoms with Crippen LogP contribution in [0.3, 0.4) is 0 Å². The Bertz CT molecular complexity index is 1320. The lowest BCUT2D eigenvalue weighted by atomic mass is 9.95. The summed E-state index contributed by atoms with van der Waals surface area (Å²) in [6.07, 6.45) is 0.796. The molecule has 0 saturated heterocycles. The van der Waals surface area contributed by atoms with Gasteiger partial charge in [0.2, 0.25) is 0 Å². The fourth-order valence-corrected chi connectivity index (χ4v) is 4.15. The van der Waals surface area contributed by atoms with Crippen molar-refractivity contribution < 1.29 is 4.79 Å². The van der Waals surface area contributed by atoms with Crippen molar-refractivity contribution in [3.05, 3.63) is 57.7 Å². The van der Waals surface area contributed by atoms with Gasteiger partial charge in [0, 0.05) is 47.7 Å². The van der Waals surface area contributed by atoms with E-state index in [9.17, 15) is 9.59 Å². The quantitative estimate of drug-likeness (QED) is 0.213. The number of hydrogen-bond donors (Lipinski definition) is 0. The molecule has 1 heterocycles. The Morgan fingerprint density at radius 1 is 1.27 bits per heavy atom. The minimum absolute atomic E-state index is 0.0603. The van der Waals surface area contributed by atoms with Crippen molar-refractivity contribution in [3.63, 3.8) is 0 Å². The van der Waals surface area contributed by atoms with Crippen molar-refractivity contribution in [1.82, 2.24) is 9.55 Å². The molecule has 0 radical (unpaired) electrons. The maximum Gasteiger partial charge on any atom is 0.191 e. The Kier molecular flexibility index (Phi) is 5.08. The second kappa shape index (κ2) is 7.71. The summed E-state index contributed by atoms with van der Waals surface area (Å²) in [5.74, 6) is 0. The van der Waals surface area contributed by atoms with Crippen LogP contribution in [0, 0.1) is 6.92 Å². The fraction of sp³-hybridized carbons (Fsp3) is 0.250. The average molecular weight is 400 g/mol. The van der Waals surface area contributed by atoms with Crippen molar-refractivity contribution in [2.75, 3.05) is 25.0 Å². The molecule has 6 heteroatoms. The molecule has 30 heavy (non-hydrogen) atoms. The molecule has 1 aliphatic carbocycles. The predicted octanol–water partition coefficient (Wildman–Crippen LogP) is 3.93. The maximum atomic E-state index is 13.1. The van der Waals surface area contributed by atoms with Crippen molar-refractivity contribution in [1.29, 1.82) is 0 Å². The average Bonchev–Trinajstić information content (AvgIpc) is 2.78. The van der Waals surface area contributed by atoms with Gasteiger partial charge in [-0.1, -0.05) is 18.2 Å². The topological polar surface area (TPSA) is 67.6 Å². The molecule has 0 atom stereocenters. The minimum Gasteiger partial charge on any atom is -0.373 e. The van der Waals surface area contributed by atoms with Gasteiger partial charge < -0.3 is 9.47 Å². The molecule has 1 aliphatic heterocycles. The molecule has 152 valence electrons. The summed E-state index contributed by atoms with van der Waals surface area (Å²) in [6, 6.07) is 11.4. The van der Waals surface area contributed by atoms with Crippen LogP contribution in [0.2, 0.25) is 0 Å². The number of rotatable bonds is 6. The third kappa shape index (κ3) is 2.96. The van der Waals surface area contributed by atoms with Crippen molar-refractivity contribution in [2.24, 2.45) is 4.99 Å². The minimum atomic E-state index is -0.0603. The maximum absolute atomic E-state index is 13.1. The molecule has 0 bridgehead atoms. The molecule has 4 rings (SSSR count). The molecule has 2 aliphatic rings. The van der Waals surface area contributed by atoms with Crippen LogP contribution < -0.4 is 10.3 Å². The van der Waals surface area contributed by atoms with Gasteiger partial charge in [0.1, 0.15) is 0 Å². The molecular weight excluding hydrogens is 376 g/mol. The van der Waals surface area contributed by atoms with E-state index in [0.717, 1.165) is 35.2 Å². The molecule has 2 aromatic carbocycles. The molecule has 6 nitrogen and oxygen atoms in total. The predicted molar refractivity (Wildman–Crippen MR) is 124 cm³/mol. The molecule has 0 aromatic heterocycles. The number of aliphatic imine (C=N–C) groups is 1. The van der Waals surface area contributed by atoms with Gasteiger partial charge in [-0.15, -0.1) is 0 Å². The molecule has 0 amide bonds. The van der Waals surface area contributed by atoms with Gasteiger partial charge in [-0.25, -0.2) is 4.98 Å². The van der Waals surface area contributed by atoms with Crippen LogP contribution in [0.1, 0.15) is 22.8 Å². The summed E-state index contributed by atoms with van der Waals surface area (Å²) in [5.41, 5.74) is 5.36. The van der Waals surface area contributed by atoms with Crippen LogP contribution >= 0.6 is 0 Å². The number of anilines is 1.